The first-order chi connectivity index (χ1) is 15.6. The van der Waals surface area contributed by atoms with Crippen LogP contribution in [0, 0.1) is 5.92 Å². The maximum Gasteiger partial charge on any atom is 0.355 e. The summed E-state index contributed by atoms with van der Waals surface area (Å²) in [6, 6.07) is 17.4. The number of carbonyl (C=O) groups is 1. The van der Waals surface area contributed by atoms with Crippen LogP contribution in [0.4, 0.5) is 0 Å². The number of likely N-dealkylation sites (N-methyl/N-ethyl adjacent to an activating group) is 1. The van der Waals surface area contributed by atoms with Crippen molar-refractivity contribution in [2.75, 3.05) is 27.2 Å². The Morgan fingerprint density at radius 2 is 1.69 bits per heavy atom. The van der Waals surface area contributed by atoms with Crippen molar-refractivity contribution in [3.8, 4) is 5.69 Å². The van der Waals surface area contributed by atoms with Crippen molar-refractivity contribution >= 4 is 16.9 Å². The van der Waals surface area contributed by atoms with E-state index >= 15 is 0 Å². The van der Waals surface area contributed by atoms with Crippen LogP contribution in [0.3, 0.4) is 0 Å². The lowest BCUT2D eigenvalue weighted by atomic mass is 9.84. The largest absolute Gasteiger partial charge is 0.460 e. The third-order valence-electron chi connectivity index (χ3n) is 6.37. The predicted molar refractivity (Wildman–Crippen MR) is 129 cm³/mol. The molecule has 5 nitrogen and oxygen atoms in total. The Bertz CT molecular complexity index is 1130. The van der Waals surface area contributed by atoms with Gasteiger partial charge in [0.1, 0.15) is 12.3 Å². The summed E-state index contributed by atoms with van der Waals surface area (Å²) in [5, 5.41) is 0.645. The standard InChI is InChI=1S/C27H32N2O3/c1-28(2)17-18-32-27(31)25-23(19-20-11-5-3-6-12-20)26(30)22-15-9-10-16-24(22)29(25)21-13-7-4-8-14-21/h4,7-10,13-16,20H,3,5-6,11-12,17-19H2,1-2H3. The van der Waals surface area contributed by atoms with Gasteiger partial charge in [0.2, 0.25) is 0 Å². The number of carbonyl (C=O) groups excluding carboxylic acids is 1. The first-order valence-corrected chi connectivity index (χ1v) is 11.6. The van der Waals surface area contributed by atoms with Gasteiger partial charge < -0.3 is 14.2 Å². The number of benzene rings is 2. The van der Waals surface area contributed by atoms with Crippen LogP contribution in [0.5, 0.6) is 0 Å². The maximum atomic E-state index is 13.7. The number of ether oxygens (including phenoxy) is 1. The Morgan fingerprint density at radius 1 is 1.00 bits per heavy atom. The molecule has 0 saturated heterocycles. The molecule has 32 heavy (non-hydrogen) atoms. The molecule has 5 heteroatoms. The average molecular weight is 433 g/mol. The Morgan fingerprint density at radius 3 is 2.41 bits per heavy atom. The second-order valence-electron chi connectivity index (χ2n) is 8.99. The molecule has 0 atom stereocenters. The van der Waals surface area contributed by atoms with Crippen LogP contribution in [0.25, 0.3) is 16.6 Å². The first kappa shape index (κ1) is 22.3. The Hall–Kier alpha value is -2.92. The molecule has 0 spiro atoms. The van der Waals surface area contributed by atoms with Crippen LogP contribution in [-0.2, 0) is 11.2 Å². The van der Waals surface area contributed by atoms with E-state index in [1.165, 1.54) is 19.3 Å². The van der Waals surface area contributed by atoms with Gasteiger partial charge in [-0.3, -0.25) is 4.79 Å². The average Bonchev–Trinajstić information content (AvgIpc) is 2.81. The number of nitrogens with zero attached hydrogens (tertiary/aromatic N) is 2. The fourth-order valence-corrected chi connectivity index (χ4v) is 4.70. The third kappa shape index (κ3) is 4.78. The van der Waals surface area contributed by atoms with Crippen LogP contribution in [0.1, 0.15) is 48.2 Å². The molecule has 1 aromatic heterocycles. The van der Waals surface area contributed by atoms with Crippen molar-refractivity contribution in [3.05, 3.63) is 76.1 Å². The molecule has 168 valence electrons. The summed E-state index contributed by atoms with van der Waals surface area (Å²) >= 11 is 0. The van der Waals surface area contributed by atoms with E-state index in [-0.39, 0.29) is 12.0 Å². The highest BCUT2D eigenvalue weighted by molar-refractivity contribution is 5.95. The molecule has 1 heterocycles. The van der Waals surface area contributed by atoms with Crippen LogP contribution < -0.4 is 5.43 Å². The highest BCUT2D eigenvalue weighted by atomic mass is 16.5. The molecule has 4 rings (SSSR count). The highest BCUT2D eigenvalue weighted by Crippen LogP contribution is 2.29. The number of rotatable bonds is 7. The normalized spacial score (nSPS) is 14.7. The lowest BCUT2D eigenvalue weighted by Crippen LogP contribution is -2.28. The molecule has 2 aromatic carbocycles. The molecule has 3 aromatic rings. The summed E-state index contributed by atoms with van der Waals surface area (Å²) in [5.41, 5.74) is 2.51. The molecule has 0 bridgehead atoms. The van der Waals surface area contributed by atoms with Crippen LogP contribution in [0.15, 0.2) is 59.4 Å². The Kier molecular flexibility index (Phi) is 7.05. The number of pyridine rings is 1. The summed E-state index contributed by atoms with van der Waals surface area (Å²) in [6.07, 6.45) is 6.46. The van der Waals surface area contributed by atoms with Gasteiger partial charge >= 0.3 is 5.97 Å². The second kappa shape index (κ2) is 10.1. The zero-order valence-corrected chi connectivity index (χ0v) is 19.0. The maximum absolute atomic E-state index is 13.7. The molecular formula is C27H32N2O3. The molecule has 0 aliphatic heterocycles. The van der Waals surface area contributed by atoms with Gasteiger partial charge in [-0.15, -0.1) is 0 Å². The molecule has 1 fully saturated rings. The zero-order valence-electron chi connectivity index (χ0n) is 19.0. The number of hydrogen-bond acceptors (Lipinski definition) is 4. The molecule has 1 saturated carbocycles. The van der Waals surface area contributed by atoms with Crippen molar-refractivity contribution in [1.82, 2.24) is 9.47 Å². The van der Waals surface area contributed by atoms with E-state index in [4.69, 9.17) is 4.74 Å². The molecule has 0 radical (unpaired) electrons. The molecule has 0 unspecified atom stereocenters. The monoisotopic (exact) mass is 432 g/mol. The summed E-state index contributed by atoms with van der Waals surface area (Å²) in [6.45, 7) is 0.914. The van der Waals surface area contributed by atoms with Gasteiger partial charge in [-0.1, -0.05) is 62.4 Å². The van der Waals surface area contributed by atoms with Gasteiger partial charge in [-0.05, 0) is 50.7 Å². The fourth-order valence-electron chi connectivity index (χ4n) is 4.70. The number of para-hydroxylation sites is 2. The van der Waals surface area contributed by atoms with Gasteiger partial charge in [0.05, 0.1) is 5.52 Å². The lowest BCUT2D eigenvalue weighted by molar-refractivity contribution is 0.0470. The lowest BCUT2D eigenvalue weighted by Gasteiger charge is -2.25. The van der Waals surface area contributed by atoms with Gasteiger partial charge in [-0.2, -0.15) is 0 Å². The van der Waals surface area contributed by atoms with Gasteiger partial charge in [0.25, 0.3) is 0 Å². The first-order valence-electron chi connectivity index (χ1n) is 11.6. The second-order valence-corrected chi connectivity index (χ2v) is 8.99. The van der Waals surface area contributed by atoms with Crippen LogP contribution in [-0.4, -0.2) is 42.7 Å². The van der Waals surface area contributed by atoms with E-state index in [2.05, 4.69) is 0 Å². The molecule has 1 aliphatic rings. The molecule has 1 aliphatic carbocycles. The minimum atomic E-state index is -0.427. The van der Waals surface area contributed by atoms with Crippen LogP contribution >= 0.6 is 0 Å². The van der Waals surface area contributed by atoms with Crippen molar-refractivity contribution in [3.63, 3.8) is 0 Å². The summed E-state index contributed by atoms with van der Waals surface area (Å²) in [4.78, 5) is 29.1. The van der Waals surface area contributed by atoms with E-state index in [0.29, 0.717) is 35.5 Å². The van der Waals surface area contributed by atoms with E-state index in [9.17, 15) is 9.59 Å². The Labute approximate surface area is 189 Å². The van der Waals surface area contributed by atoms with E-state index in [0.717, 1.165) is 24.0 Å². The molecule has 0 N–H and O–H groups in total. The van der Waals surface area contributed by atoms with E-state index < -0.39 is 5.97 Å². The van der Waals surface area contributed by atoms with Gasteiger partial charge in [0, 0.05) is 23.2 Å². The van der Waals surface area contributed by atoms with Crippen molar-refractivity contribution < 1.29 is 9.53 Å². The minimum absolute atomic E-state index is 0.0436. The van der Waals surface area contributed by atoms with Crippen molar-refractivity contribution in [1.29, 1.82) is 0 Å². The Balaban J connectivity index is 1.91. The summed E-state index contributed by atoms with van der Waals surface area (Å²) in [5.74, 6) is -0.000439. The SMILES string of the molecule is CN(C)CCOC(=O)c1c(CC2CCCCC2)c(=O)c2ccccc2n1-c1ccccc1. The van der Waals surface area contributed by atoms with Crippen molar-refractivity contribution in [2.45, 2.75) is 38.5 Å². The van der Waals surface area contributed by atoms with Gasteiger partial charge in [0.15, 0.2) is 5.43 Å². The molecular weight excluding hydrogens is 400 g/mol. The quantitative estimate of drug-likeness (QED) is 0.502. The van der Waals surface area contributed by atoms with E-state index in [1.807, 2.05) is 78.2 Å². The smallest absolute Gasteiger partial charge is 0.355 e. The fraction of sp³-hybridized carbons (Fsp3) is 0.407. The van der Waals surface area contributed by atoms with Crippen LogP contribution in [0.2, 0.25) is 0 Å². The predicted octanol–water partition coefficient (Wildman–Crippen LogP) is 4.83. The number of aromatic nitrogens is 1. The number of hydrogen-bond donors (Lipinski definition) is 0. The number of fused-ring (bicyclic) bond motifs is 1. The summed E-state index contributed by atoms with van der Waals surface area (Å²) < 4.78 is 7.62. The summed E-state index contributed by atoms with van der Waals surface area (Å²) in [7, 11) is 3.89. The van der Waals surface area contributed by atoms with Crippen molar-refractivity contribution in [2.24, 2.45) is 5.92 Å². The van der Waals surface area contributed by atoms with E-state index in [1.54, 1.807) is 0 Å². The topological polar surface area (TPSA) is 51.5 Å². The third-order valence-corrected chi connectivity index (χ3v) is 6.37. The van der Waals surface area contributed by atoms with Gasteiger partial charge in [-0.25, -0.2) is 4.79 Å². The highest BCUT2D eigenvalue weighted by Gasteiger charge is 2.27. The zero-order chi connectivity index (χ0) is 22.5. The minimum Gasteiger partial charge on any atom is -0.460 e. The number of esters is 1. The molecule has 0 amide bonds.